The first-order chi connectivity index (χ1) is 17.7. The molecule has 2 heterocycles. The van der Waals surface area contributed by atoms with E-state index in [0.29, 0.717) is 43.2 Å². The third-order valence-corrected chi connectivity index (χ3v) is 8.76. The number of carbonyl (C=O) groups excluding carboxylic acids is 2. The maximum atomic E-state index is 13.8. The van der Waals surface area contributed by atoms with Gasteiger partial charge >= 0.3 is 0 Å². The molecule has 1 saturated heterocycles. The number of carbonyl (C=O) groups is 2. The van der Waals surface area contributed by atoms with Crippen molar-refractivity contribution in [3.63, 3.8) is 0 Å². The van der Waals surface area contributed by atoms with Crippen LogP contribution in [0.5, 0.6) is 0 Å². The van der Waals surface area contributed by atoms with Crippen LogP contribution in [-0.4, -0.2) is 63.5 Å². The van der Waals surface area contributed by atoms with Crippen LogP contribution in [-0.2, 0) is 19.6 Å². The molecule has 2 aromatic rings. The topological polar surface area (TPSA) is 96.0 Å². The minimum atomic E-state index is -4.06. The molecule has 1 N–H and O–H groups in total. The van der Waals surface area contributed by atoms with Gasteiger partial charge in [0.25, 0.3) is 15.9 Å². The zero-order valence-electron chi connectivity index (χ0n) is 20.4. The number of fused-ring (bicyclic) bond motifs is 4. The average Bonchev–Trinajstić information content (AvgIpc) is 2.88. The van der Waals surface area contributed by atoms with Crippen molar-refractivity contribution in [3.8, 4) is 0 Å². The maximum absolute atomic E-state index is 13.8. The van der Waals surface area contributed by atoms with Crippen molar-refractivity contribution in [1.29, 1.82) is 0 Å². The number of amides is 2. The van der Waals surface area contributed by atoms with Gasteiger partial charge in [0.05, 0.1) is 34.3 Å². The van der Waals surface area contributed by atoms with E-state index in [9.17, 15) is 18.0 Å². The number of rotatable bonds is 1. The Morgan fingerprint density at radius 1 is 1.05 bits per heavy atom. The van der Waals surface area contributed by atoms with Gasteiger partial charge in [-0.15, -0.1) is 0 Å². The van der Waals surface area contributed by atoms with Gasteiger partial charge in [-0.3, -0.25) is 13.9 Å². The highest BCUT2D eigenvalue weighted by Crippen LogP contribution is 2.29. The molecule has 2 aliphatic rings. The van der Waals surface area contributed by atoms with Crippen molar-refractivity contribution < 1.29 is 22.7 Å². The second-order valence-corrected chi connectivity index (χ2v) is 11.7. The van der Waals surface area contributed by atoms with Crippen molar-refractivity contribution in [2.75, 3.05) is 30.5 Å². The van der Waals surface area contributed by atoms with Crippen LogP contribution in [0.25, 0.3) is 0 Å². The van der Waals surface area contributed by atoms with Crippen LogP contribution in [0.4, 0.5) is 5.69 Å². The summed E-state index contributed by atoms with van der Waals surface area (Å²) in [7, 11) is -4.06. The first-order valence-electron chi connectivity index (χ1n) is 12.1. The van der Waals surface area contributed by atoms with Crippen molar-refractivity contribution >= 4 is 50.7 Å². The lowest BCUT2D eigenvalue weighted by Crippen LogP contribution is -2.51. The Hall–Kier alpha value is -2.59. The Labute approximate surface area is 227 Å². The number of halogens is 2. The molecule has 1 unspecified atom stereocenters. The summed E-state index contributed by atoms with van der Waals surface area (Å²) in [6, 6.07) is 10.4. The van der Waals surface area contributed by atoms with E-state index in [1.54, 1.807) is 42.2 Å². The van der Waals surface area contributed by atoms with Crippen LogP contribution in [0.2, 0.25) is 10.0 Å². The van der Waals surface area contributed by atoms with E-state index in [2.05, 4.69) is 5.32 Å². The number of anilines is 1. The highest BCUT2D eigenvalue weighted by molar-refractivity contribution is 7.92. The Bertz CT molecular complexity index is 1280. The van der Waals surface area contributed by atoms with Crippen LogP contribution in [0.1, 0.15) is 36.5 Å². The van der Waals surface area contributed by atoms with Gasteiger partial charge in [-0.25, -0.2) is 8.42 Å². The highest BCUT2D eigenvalue weighted by Gasteiger charge is 2.30. The number of sulfonamides is 1. The van der Waals surface area contributed by atoms with Gasteiger partial charge in [0.1, 0.15) is 6.10 Å². The molecule has 4 rings (SSSR count). The third-order valence-electron chi connectivity index (χ3n) is 6.39. The lowest BCUT2D eigenvalue weighted by molar-refractivity contribution is -0.132. The summed E-state index contributed by atoms with van der Waals surface area (Å²) < 4.78 is 34.5. The molecule has 2 atom stereocenters. The van der Waals surface area contributed by atoms with Gasteiger partial charge in [0.15, 0.2) is 0 Å². The second kappa shape index (κ2) is 11.9. The number of hydrogen-bond donors (Lipinski definition) is 1. The minimum Gasteiger partial charge on any atom is -0.368 e. The molecular formula is C26H29Cl2N3O5S. The SMILES string of the molecule is CC1OCC/C=C/CN(c2ccc(Cl)cc2)S(=O)(=O)c2ccc(Cl)c(c2)C(=O)N2CCC[C@H](C2)NC1=O. The van der Waals surface area contributed by atoms with Crippen LogP contribution in [0.15, 0.2) is 59.5 Å². The first-order valence-corrected chi connectivity index (χ1v) is 14.3. The second-order valence-electron chi connectivity index (χ2n) is 9.03. The molecule has 8 nitrogen and oxygen atoms in total. The summed E-state index contributed by atoms with van der Waals surface area (Å²) in [5, 5.41) is 3.60. The fourth-order valence-electron chi connectivity index (χ4n) is 4.35. The smallest absolute Gasteiger partial charge is 0.264 e. The molecule has 0 saturated carbocycles. The Morgan fingerprint density at radius 2 is 1.81 bits per heavy atom. The number of piperidine rings is 1. The maximum Gasteiger partial charge on any atom is 0.264 e. The summed E-state index contributed by atoms with van der Waals surface area (Å²) in [5.74, 6) is -0.617. The number of ether oxygens (including phenoxy) is 1. The largest absolute Gasteiger partial charge is 0.368 e. The molecule has 0 aliphatic carbocycles. The Morgan fingerprint density at radius 3 is 2.57 bits per heavy atom. The lowest BCUT2D eigenvalue weighted by Gasteiger charge is -2.34. The Balaban J connectivity index is 1.75. The van der Waals surface area contributed by atoms with E-state index in [0.717, 1.165) is 6.42 Å². The fourth-order valence-corrected chi connectivity index (χ4v) is 6.12. The number of nitrogens with zero attached hydrogens (tertiary/aromatic N) is 2. The average molecular weight is 567 g/mol. The summed E-state index contributed by atoms with van der Waals surface area (Å²) >= 11 is 12.4. The van der Waals surface area contributed by atoms with Crippen LogP contribution in [0, 0.1) is 0 Å². The van der Waals surface area contributed by atoms with Gasteiger partial charge in [0, 0.05) is 24.2 Å². The molecule has 2 aliphatic heterocycles. The summed E-state index contributed by atoms with van der Waals surface area (Å²) in [5.41, 5.74) is 0.519. The molecule has 2 aromatic carbocycles. The zero-order valence-corrected chi connectivity index (χ0v) is 22.7. The number of hydrogen-bond acceptors (Lipinski definition) is 5. The predicted molar refractivity (Wildman–Crippen MR) is 144 cm³/mol. The molecule has 1 fully saturated rings. The molecule has 4 bridgehead atoms. The van der Waals surface area contributed by atoms with Crippen molar-refractivity contribution in [2.45, 2.75) is 43.2 Å². The van der Waals surface area contributed by atoms with Crippen molar-refractivity contribution in [3.05, 3.63) is 70.2 Å². The van der Waals surface area contributed by atoms with Crippen molar-refractivity contribution in [2.24, 2.45) is 0 Å². The molecule has 0 radical (unpaired) electrons. The Kier molecular flexibility index (Phi) is 8.79. The molecule has 2 amide bonds. The lowest BCUT2D eigenvalue weighted by atomic mass is 10.0. The van der Waals surface area contributed by atoms with Gasteiger partial charge in [-0.1, -0.05) is 35.4 Å². The van der Waals surface area contributed by atoms with Gasteiger partial charge in [-0.2, -0.15) is 0 Å². The van der Waals surface area contributed by atoms with E-state index >= 15 is 0 Å². The van der Waals surface area contributed by atoms with E-state index in [4.69, 9.17) is 27.9 Å². The van der Waals surface area contributed by atoms with Crippen LogP contribution >= 0.6 is 23.2 Å². The van der Waals surface area contributed by atoms with Gasteiger partial charge < -0.3 is 15.0 Å². The molecule has 0 aromatic heterocycles. The monoisotopic (exact) mass is 565 g/mol. The summed E-state index contributed by atoms with van der Waals surface area (Å²) in [6.07, 6.45) is 4.79. The standard InChI is InChI=1S/C26H29Cl2N3O5S/c1-18-25(32)29-20-6-5-13-30(17-20)26(33)23-16-22(11-12-24(23)28)37(34,35)31(14-3-2-4-15-36-18)21-9-7-19(27)8-10-21/h2-3,7-12,16,18,20H,4-6,13-15,17H2,1H3,(H,29,32)/b3-2+/t18?,20-/m1/s1. The molecule has 198 valence electrons. The third kappa shape index (κ3) is 6.46. The van der Waals surface area contributed by atoms with E-state index < -0.39 is 16.1 Å². The highest BCUT2D eigenvalue weighted by atomic mass is 35.5. The van der Waals surface area contributed by atoms with Gasteiger partial charge in [0.2, 0.25) is 5.91 Å². The summed E-state index contributed by atoms with van der Waals surface area (Å²) in [4.78, 5) is 27.6. The molecule has 11 heteroatoms. The van der Waals surface area contributed by atoms with Crippen molar-refractivity contribution in [1.82, 2.24) is 10.2 Å². The molecule has 0 spiro atoms. The van der Waals surface area contributed by atoms with E-state index in [1.807, 2.05) is 6.08 Å². The predicted octanol–water partition coefficient (Wildman–Crippen LogP) is 4.27. The van der Waals surface area contributed by atoms with Crippen LogP contribution < -0.4 is 9.62 Å². The minimum absolute atomic E-state index is 0.0414. The van der Waals surface area contributed by atoms with E-state index in [-0.39, 0.29) is 39.9 Å². The van der Waals surface area contributed by atoms with E-state index in [1.165, 1.54) is 22.5 Å². The molecular weight excluding hydrogens is 537 g/mol. The van der Waals surface area contributed by atoms with Gasteiger partial charge in [-0.05, 0) is 68.7 Å². The number of nitrogens with one attached hydrogen (secondary N) is 1. The quantitative estimate of drug-likeness (QED) is 0.521. The van der Waals surface area contributed by atoms with Crippen LogP contribution in [0.3, 0.4) is 0 Å². The fraction of sp³-hybridized carbons (Fsp3) is 0.385. The zero-order chi connectivity index (χ0) is 26.6. The number of benzene rings is 2. The normalized spacial score (nSPS) is 24.1. The summed E-state index contributed by atoms with van der Waals surface area (Å²) in [6.45, 7) is 2.80. The molecule has 37 heavy (non-hydrogen) atoms. The first kappa shape index (κ1) is 27.4.